The number of rotatable bonds is 4. The van der Waals surface area contributed by atoms with Crippen molar-refractivity contribution in [2.75, 3.05) is 11.9 Å². The molecule has 0 atom stereocenters. The predicted octanol–water partition coefficient (Wildman–Crippen LogP) is 4.48. The maximum atomic E-state index is 13.6. The molecule has 1 amide bonds. The second-order valence-corrected chi connectivity index (χ2v) is 6.11. The Hall–Kier alpha value is -2.70. The van der Waals surface area contributed by atoms with Crippen molar-refractivity contribution >= 4 is 51.7 Å². The van der Waals surface area contributed by atoms with Crippen LogP contribution in [0.15, 0.2) is 48.5 Å². The van der Waals surface area contributed by atoms with E-state index in [-0.39, 0.29) is 16.3 Å². The topological polar surface area (TPSA) is 68.3 Å². The van der Waals surface area contributed by atoms with E-state index in [0.29, 0.717) is 16.1 Å². The van der Waals surface area contributed by atoms with Crippen molar-refractivity contribution < 1.29 is 18.7 Å². The minimum absolute atomic E-state index is 0.0905. The molecular formula is C18H11Cl2FN2O3. The molecular weight excluding hydrogens is 382 g/mol. The SMILES string of the molecule is O=C(COC(=O)c1ccc2nc(Cl)ccc2c1)Nc1cc(Cl)ccc1F. The maximum Gasteiger partial charge on any atom is 0.338 e. The third-order valence-corrected chi connectivity index (χ3v) is 3.87. The minimum Gasteiger partial charge on any atom is -0.452 e. The van der Waals surface area contributed by atoms with Crippen LogP contribution in [0.5, 0.6) is 0 Å². The number of hydrogen-bond donors (Lipinski definition) is 1. The Morgan fingerprint density at radius 2 is 1.88 bits per heavy atom. The van der Waals surface area contributed by atoms with E-state index in [2.05, 4.69) is 10.3 Å². The first-order chi connectivity index (χ1) is 12.4. The molecule has 1 heterocycles. The molecule has 0 saturated heterocycles. The van der Waals surface area contributed by atoms with E-state index in [0.717, 1.165) is 6.07 Å². The number of halogens is 3. The van der Waals surface area contributed by atoms with Crippen molar-refractivity contribution in [2.45, 2.75) is 0 Å². The van der Waals surface area contributed by atoms with E-state index >= 15 is 0 Å². The van der Waals surface area contributed by atoms with Gasteiger partial charge in [0.2, 0.25) is 0 Å². The van der Waals surface area contributed by atoms with E-state index < -0.39 is 24.3 Å². The van der Waals surface area contributed by atoms with E-state index in [1.807, 2.05) is 0 Å². The van der Waals surface area contributed by atoms with Gasteiger partial charge in [-0.25, -0.2) is 14.2 Å². The number of benzene rings is 2. The van der Waals surface area contributed by atoms with Gasteiger partial charge in [0.05, 0.1) is 16.8 Å². The maximum absolute atomic E-state index is 13.6. The molecule has 0 aliphatic rings. The fourth-order valence-corrected chi connectivity index (χ4v) is 2.55. The zero-order chi connectivity index (χ0) is 18.7. The molecule has 0 saturated carbocycles. The molecule has 0 radical (unpaired) electrons. The molecule has 5 nitrogen and oxygen atoms in total. The van der Waals surface area contributed by atoms with Crippen molar-refractivity contribution in [3.8, 4) is 0 Å². The largest absolute Gasteiger partial charge is 0.452 e. The standard InChI is InChI=1S/C18H11Cl2FN2O3/c19-12-3-4-13(21)15(8-12)23-17(24)9-26-18(25)11-1-5-14-10(7-11)2-6-16(20)22-14/h1-8H,9H2,(H,23,24). The van der Waals surface area contributed by atoms with E-state index in [4.69, 9.17) is 27.9 Å². The van der Waals surface area contributed by atoms with Crippen molar-refractivity contribution in [3.63, 3.8) is 0 Å². The zero-order valence-corrected chi connectivity index (χ0v) is 14.6. The Balaban J connectivity index is 1.64. The van der Waals surface area contributed by atoms with Crippen molar-refractivity contribution in [2.24, 2.45) is 0 Å². The number of carbonyl (C=O) groups excluding carboxylic acids is 2. The highest BCUT2D eigenvalue weighted by Crippen LogP contribution is 2.20. The lowest BCUT2D eigenvalue weighted by Gasteiger charge is -2.08. The molecule has 132 valence electrons. The number of esters is 1. The Bertz CT molecular complexity index is 1010. The molecule has 3 aromatic rings. The molecule has 8 heteroatoms. The minimum atomic E-state index is -0.691. The highest BCUT2D eigenvalue weighted by atomic mass is 35.5. The van der Waals surface area contributed by atoms with Gasteiger partial charge < -0.3 is 10.1 Å². The van der Waals surface area contributed by atoms with E-state index in [1.54, 1.807) is 24.3 Å². The molecule has 26 heavy (non-hydrogen) atoms. The molecule has 0 aliphatic carbocycles. The van der Waals surface area contributed by atoms with Crippen LogP contribution in [-0.4, -0.2) is 23.5 Å². The summed E-state index contributed by atoms with van der Waals surface area (Å²) in [5.74, 6) is -2.02. The highest BCUT2D eigenvalue weighted by Gasteiger charge is 2.13. The quantitative estimate of drug-likeness (QED) is 0.525. The number of nitrogens with one attached hydrogen (secondary N) is 1. The van der Waals surface area contributed by atoms with Crippen LogP contribution in [0.25, 0.3) is 10.9 Å². The monoisotopic (exact) mass is 392 g/mol. The van der Waals surface area contributed by atoms with Gasteiger partial charge >= 0.3 is 5.97 Å². The Morgan fingerprint density at radius 3 is 2.69 bits per heavy atom. The van der Waals surface area contributed by atoms with Crippen LogP contribution >= 0.6 is 23.2 Å². The molecule has 0 bridgehead atoms. The predicted molar refractivity (Wildman–Crippen MR) is 97.1 cm³/mol. The van der Waals surface area contributed by atoms with Gasteiger partial charge in [0.15, 0.2) is 6.61 Å². The van der Waals surface area contributed by atoms with Crippen LogP contribution in [-0.2, 0) is 9.53 Å². The van der Waals surface area contributed by atoms with Crippen LogP contribution in [0.3, 0.4) is 0 Å². The zero-order valence-electron chi connectivity index (χ0n) is 13.1. The summed E-state index contributed by atoms with van der Waals surface area (Å²) in [6.45, 7) is -0.568. The first kappa shape index (κ1) is 18.1. The lowest BCUT2D eigenvalue weighted by atomic mass is 10.1. The van der Waals surface area contributed by atoms with Crippen LogP contribution in [0.1, 0.15) is 10.4 Å². The van der Waals surface area contributed by atoms with Gasteiger partial charge in [-0.15, -0.1) is 0 Å². The van der Waals surface area contributed by atoms with Gasteiger partial charge in [0, 0.05) is 10.4 Å². The normalized spacial score (nSPS) is 10.6. The van der Waals surface area contributed by atoms with Gasteiger partial charge in [0.1, 0.15) is 11.0 Å². The van der Waals surface area contributed by atoms with E-state index in [1.165, 1.54) is 18.2 Å². The van der Waals surface area contributed by atoms with Gasteiger partial charge in [-0.05, 0) is 48.5 Å². The summed E-state index contributed by atoms with van der Waals surface area (Å²) < 4.78 is 18.5. The first-order valence-corrected chi connectivity index (χ1v) is 8.16. The first-order valence-electron chi connectivity index (χ1n) is 7.41. The molecule has 2 aromatic carbocycles. The van der Waals surface area contributed by atoms with Crippen molar-refractivity contribution in [1.82, 2.24) is 4.98 Å². The number of ether oxygens (including phenoxy) is 1. The fraction of sp³-hybridized carbons (Fsp3) is 0.0556. The van der Waals surface area contributed by atoms with Gasteiger partial charge in [-0.2, -0.15) is 0 Å². The van der Waals surface area contributed by atoms with Gasteiger partial charge in [-0.1, -0.05) is 23.2 Å². The summed E-state index contributed by atoms with van der Waals surface area (Å²) in [7, 11) is 0. The Kier molecular flexibility index (Phi) is 5.35. The average molecular weight is 393 g/mol. The summed E-state index contributed by atoms with van der Waals surface area (Å²) in [5, 5.41) is 3.61. The van der Waals surface area contributed by atoms with Crippen molar-refractivity contribution in [3.05, 3.63) is 70.1 Å². The van der Waals surface area contributed by atoms with Gasteiger partial charge in [0.25, 0.3) is 5.91 Å². The summed E-state index contributed by atoms with van der Waals surface area (Å²) in [6.07, 6.45) is 0. The molecule has 0 unspecified atom stereocenters. The van der Waals surface area contributed by atoms with Crippen LogP contribution < -0.4 is 5.32 Å². The summed E-state index contributed by atoms with van der Waals surface area (Å²) in [6, 6.07) is 11.8. The van der Waals surface area contributed by atoms with Crippen LogP contribution in [0.2, 0.25) is 10.2 Å². The molecule has 0 spiro atoms. The number of pyridine rings is 1. The lowest BCUT2D eigenvalue weighted by Crippen LogP contribution is -2.21. The number of aromatic nitrogens is 1. The fourth-order valence-electron chi connectivity index (χ4n) is 2.22. The Labute approximate surface area is 157 Å². The summed E-state index contributed by atoms with van der Waals surface area (Å²) in [5.41, 5.74) is 0.791. The molecule has 1 aromatic heterocycles. The molecule has 1 N–H and O–H groups in total. The van der Waals surface area contributed by atoms with Crippen LogP contribution in [0.4, 0.5) is 10.1 Å². The number of carbonyl (C=O) groups is 2. The smallest absolute Gasteiger partial charge is 0.338 e. The van der Waals surface area contributed by atoms with E-state index in [9.17, 15) is 14.0 Å². The molecule has 0 aliphatic heterocycles. The molecule has 3 rings (SSSR count). The molecule has 0 fully saturated rings. The number of fused-ring (bicyclic) bond motifs is 1. The van der Waals surface area contributed by atoms with Crippen molar-refractivity contribution in [1.29, 1.82) is 0 Å². The lowest BCUT2D eigenvalue weighted by molar-refractivity contribution is -0.119. The third-order valence-electron chi connectivity index (χ3n) is 3.43. The summed E-state index contributed by atoms with van der Waals surface area (Å²) >= 11 is 11.6. The van der Waals surface area contributed by atoms with Crippen LogP contribution in [0, 0.1) is 5.82 Å². The number of nitrogens with zero attached hydrogens (tertiary/aromatic N) is 1. The second-order valence-electron chi connectivity index (χ2n) is 5.29. The summed E-state index contributed by atoms with van der Waals surface area (Å²) in [4.78, 5) is 28.0. The number of anilines is 1. The average Bonchev–Trinajstić information content (AvgIpc) is 2.62. The highest BCUT2D eigenvalue weighted by molar-refractivity contribution is 6.31. The third kappa shape index (κ3) is 4.28. The van der Waals surface area contributed by atoms with Gasteiger partial charge in [-0.3, -0.25) is 4.79 Å². The second kappa shape index (κ2) is 7.68. The Morgan fingerprint density at radius 1 is 1.08 bits per heavy atom. The number of amides is 1. The number of hydrogen-bond acceptors (Lipinski definition) is 4.